The number of allylic oxidation sites excluding steroid dienone is 3. The van der Waals surface area contributed by atoms with Crippen LogP contribution in [0.1, 0.15) is 45.6 Å². The minimum absolute atomic E-state index is 0.688. The number of pyridine rings is 1. The quantitative estimate of drug-likeness (QED) is 0.502. The number of benzene rings is 1. The summed E-state index contributed by atoms with van der Waals surface area (Å²) >= 11 is 0. The Morgan fingerprint density at radius 2 is 1.91 bits per heavy atom. The third-order valence-electron chi connectivity index (χ3n) is 6.91. The Morgan fingerprint density at radius 1 is 1.17 bits per heavy atom. The molecule has 35 heavy (non-hydrogen) atoms. The largest absolute Gasteiger partial charge is 0.373 e. The van der Waals surface area contributed by atoms with Gasteiger partial charge in [0.05, 0.1) is 5.70 Å². The molecule has 6 nitrogen and oxygen atoms in total. The molecule has 2 aliphatic heterocycles. The molecule has 3 heterocycles. The number of nitrogens with one attached hydrogen (secondary N) is 2. The van der Waals surface area contributed by atoms with E-state index >= 15 is 0 Å². The third kappa shape index (κ3) is 7.26. The summed E-state index contributed by atoms with van der Waals surface area (Å²) in [7, 11) is 5.76. The van der Waals surface area contributed by atoms with Crippen molar-refractivity contribution >= 4 is 27.9 Å². The minimum Gasteiger partial charge on any atom is -0.373 e. The predicted octanol–water partition coefficient (Wildman–Crippen LogP) is 5.72. The number of piperidine rings is 1. The molecule has 6 heteroatoms. The average Bonchev–Trinajstić information content (AvgIpc) is 3.37. The van der Waals surface area contributed by atoms with E-state index in [1.165, 1.54) is 48.2 Å². The second kappa shape index (κ2) is 12.7. The van der Waals surface area contributed by atoms with E-state index in [9.17, 15) is 0 Å². The molecule has 1 aromatic heterocycles. The van der Waals surface area contributed by atoms with Crippen LogP contribution in [0.4, 0.5) is 5.82 Å². The first-order valence-corrected chi connectivity index (χ1v) is 12.6. The summed E-state index contributed by atoms with van der Waals surface area (Å²) in [6.45, 7) is 12.9. The maximum absolute atomic E-state index is 4.64. The molecule has 2 aromatic rings. The van der Waals surface area contributed by atoms with E-state index in [0.29, 0.717) is 12.0 Å². The molecule has 2 aliphatic rings. The van der Waals surface area contributed by atoms with Crippen LogP contribution in [0.3, 0.4) is 0 Å². The SMILES string of the molecule is C=CC1=CCC(C2CCN(C(C)C)CC2)=N1.CNc1cc2cc(/C(C)=C/N(C)NC)ccc2cn1. The molecule has 4 rings (SSSR count). The zero-order chi connectivity index (χ0) is 25.4. The highest BCUT2D eigenvalue weighted by Crippen LogP contribution is 2.26. The first-order chi connectivity index (χ1) is 16.8. The first-order valence-electron chi connectivity index (χ1n) is 12.6. The number of nitrogens with zero attached hydrogens (tertiary/aromatic N) is 4. The van der Waals surface area contributed by atoms with Crippen LogP contribution >= 0.6 is 0 Å². The molecular formula is C29H42N6. The van der Waals surface area contributed by atoms with Crippen LogP contribution in [-0.4, -0.2) is 60.9 Å². The maximum Gasteiger partial charge on any atom is 0.126 e. The molecule has 0 bridgehead atoms. The summed E-state index contributed by atoms with van der Waals surface area (Å²) in [6, 6.07) is 9.17. The minimum atomic E-state index is 0.688. The highest BCUT2D eigenvalue weighted by molar-refractivity contribution is 5.91. The molecule has 0 saturated carbocycles. The second-order valence-electron chi connectivity index (χ2n) is 9.57. The van der Waals surface area contributed by atoms with Crippen molar-refractivity contribution < 1.29 is 0 Å². The summed E-state index contributed by atoms with van der Waals surface area (Å²) in [5.41, 5.74) is 7.94. The lowest BCUT2D eigenvalue weighted by Gasteiger charge is -2.34. The van der Waals surface area contributed by atoms with Gasteiger partial charge in [-0.05, 0) is 81.4 Å². The van der Waals surface area contributed by atoms with Crippen molar-refractivity contribution in [1.82, 2.24) is 20.3 Å². The van der Waals surface area contributed by atoms with Crippen LogP contribution in [0.15, 0.2) is 66.1 Å². The van der Waals surface area contributed by atoms with Crippen LogP contribution in [0.5, 0.6) is 0 Å². The van der Waals surface area contributed by atoms with Gasteiger partial charge in [0, 0.05) is 63.0 Å². The van der Waals surface area contributed by atoms with E-state index in [4.69, 9.17) is 0 Å². The fraction of sp³-hybridized carbons (Fsp3) is 0.448. The van der Waals surface area contributed by atoms with E-state index in [1.54, 1.807) is 0 Å². The highest BCUT2D eigenvalue weighted by Gasteiger charge is 2.25. The lowest BCUT2D eigenvalue weighted by atomic mass is 9.90. The molecule has 1 aromatic carbocycles. The van der Waals surface area contributed by atoms with E-state index in [2.05, 4.69) is 89.5 Å². The Hall–Kier alpha value is -2.96. The van der Waals surface area contributed by atoms with Gasteiger partial charge in [-0.25, -0.2) is 10.4 Å². The van der Waals surface area contributed by atoms with Gasteiger partial charge in [0.15, 0.2) is 0 Å². The van der Waals surface area contributed by atoms with Gasteiger partial charge < -0.3 is 15.2 Å². The molecular weight excluding hydrogens is 432 g/mol. The van der Waals surface area contributed by atoms with Crippen molar-refractivity contribution in [2.24, 2.45) is 10.9 Å². The molecule has 0 amide bonds. The van der Waals surface area contributed by atoms with Crippen molar-refractivity contribution in [2.75, 3.05) is 39.5 Å². The van der Waals surface area contributed by atoms with Crippen molar-refractivity contribution in [3.8, 4) is 0 Å². The standard InChI is InChI=1S/C15H20N4.C14H22N2/c1-11(10-19(4)17-3)12-5-6-13-9-18-15(16-2)8-14(13)7-12;1-4-13-5-6-14(15-13)12-7-9-16(10-8-12)11(2)3/h5-10,17H,1-4H3,(H,16,18);4-5,11-12H,1,6-10H2,2-3H3/b11-10+;. The monoisotopic (exact) mass is 474 g/mol. The van der Waals surface area contributed by atoms with Crippen LogP contribution in [0.2, 0.25) is 0 Å². The lowest BCUT2D eigenvalue weighted by molar-refractivity contribution is 0.169. The van der Waals surface area contributed by atoms with Gasteiger partial charge in [-0.15, -0.1) is 0 Å². The zero-order valence-corrected chi connectivity index (χ0v) is 22.3. The third-order valence-corrected chi connectivity index (χ3v) is 6.91. The van der Waals surface area contributed by atoms with Crippen LogP contribution < -0.4 is 10.7 Å². The van der Waals surface area contributed by atoms with Gasteiger partial charge in [0.2, 0.25) is 0 Å². The molecule has 188 valence electrons. The molecule has 0 aliphatic carbocycles. The summed E-state index contributed by atoms with van der Waals surface area (Å²) in [5, 5.41) is 7.34. The number of fused-ring (bicyclic) bond motifs is 1. The fourth-order valence-electron chi connectivity index (χ4n) is 4.55. The van der Waals surface area contributed by atoms with Gasteiger partial charge in [-0.3, -0.25) is 4.99 Å². The van der Waals surface area contributed by atoms with E-state index in [0.717, 1.165) is 23.3 Å². The Morgan fingerprint density at radius 3 is 2.51 bits per heavy atom. The van der Waals surface area contributed by atoms with Gasteiger partial charge in [0.25, 0.3) is 0 Å². The summed E-state index contributed by atoms with van der Waals surface area (Å²) in [6.07, 6.45) is 11.6. The Bertz CT molecular complexity index is 1090. The second-order valence-corrected chi connectivity index (χ2v) is 9.57. The van der Waals surface area contributed by atoms with Crippen molar-refractivity contribution in [1.29, 1.82) is 0 Å². The van der Waals surface area contributed by atoms with Crippen molar-refractivity contribution in [2.45, 2.75) is 46.1 Å². The molecule has 0 spiro atoms. The van der Waals surface area contributed by atoms with E-state index < -0.39 is 0 Å². The molecule has 0 unspecified atom stereocenters. The summed E-state index contributed by atoms with van der Waals surface area (Å²) in [4.78, 5) is 11.5. The number of rotatable bonds is 7. The first kappa shape index (κ1) is 26.6. The van der Waals surface area contributed by atoms with Crippen LogP contribution in [-0.2, 0) is 0 Å². The van der Waals surface area contributed by atoms with Gasteiger partial charge in [-0.2, -0.15) is 0 Å². The highest BCUT2D eigenvalue weighted by atomic mass is 15.5. The topological polar surface area (TPSA) is 55.8 Å². The van der Waals surface area contributed by atoms with Crippen molar-refractivity contribution in [3.05, 3.63) is 66.7 Å². The maximum atomic E-state index is 4.64. The predicted molar refractivity (Wildman–Crippen MR) is 152 cm³/mol. The number of anilines is 1. The van der Waals surface area contributed by atoms with Crippen LogP contribution in [0, 0.1) is 5.92 Å². The molecule has 1 saturated heterocycles. The molecule has 1 fully saturated rings. The number of hydrazine groups is 1. The number of aliphatic imine (C=N–C) groups is 1. The number of likely N-dealkylation sites (tertiary alicyclic amines) is 1. The normalized spacial score (nSPS) is 17.1. The number of aromatic nitrogens is 1. The van der Waals surface area contributed by atoms with Gasteiger partial charge >= 0.3 is 0 Å². The smallest absolute Gasteiger partial charge is 0.126 e. The Balaban J connectivity index is 0.000000198. The summed E-state index contributed by atoms with van der Waals surface area (Å²) < 4.78 is 0. The van der Waals surface area contributed by atoms with E-state index in [-0.39, 0.29) is 0 Å². The van der Waals surface area contributed by atoms with Crippen molar-refractivity contribution in [3.63, 3.8) is 0 Å². The molecule has 2 N–H and O–H groups in total. The molecule has 0 atom stereocenters. The van der Waals surface area contributed by atoms with E-state index in [1.807, 2.05) is 38.4 Å². The fourth-order valence-corrected chi connectivity index (χ4v) is 4.55. The van der Waals surface area contributed by atoms with Gasteiger partial charge in [-0.1, -0.05) is 24.8 Å². The summed E-state index contributed by atoms with van der Waals surface area (Å²) in [5.74, 6) is 1.60. The van der Waals surface area contributed by atoms with Crippen LogP contribution in [0.25, 0.3) is 16.3 Å². The molecule has 0 radical (unpaired) electrons. The number of hydrogen-bond donors (Lipinski definition) is 2. The zero-order valence-electron chi connectivity index (χ0n) is 22.3. The average molecular weight is 475 g/mol. The van der Waals surface area contributed by atoms with Gasteiger partial charge in [0.1, 0.15) is 5.82 Å². The lowest BCUT2D eigenvalue weighted by Crippen LogP contribution is -2.40. The number of hydrogen-bond acceptors (Lipinski definition) is 6. The Labute approximate surface area is 211 Å². The Kier molecular flexibility index (Phi) is 9.64.